The molecule has 0 amide bonds. The number of allylic oxidation sites excluding steroid dienone is 5. The van der Waals surface area contributed by atoms with Crippen molar-refractivity contribution in [2.45, 2.75) is 118 Å². The summed E-state index contributed by atoms with van der Waals surface area (Å²) in [7, 11) is 3.00. The van der Waals surface area contributed by atoms with Crippen LogP contribution >= 0.6 is 0 Å². The molecule has 0 aromatic heterocycles. The van der Waals surface area contributed by atoms with Gasteiger partial charge in [-0.25, -0.2) is 4.79 Å². The third kappa shape index (κ3) is 9.52. The molecule has 2 aliphatic heterocycles. The van der Waals surface area contributed by atoms with Gasteiger partial charge in [0, 0.05) is 31.3 Å². The van der Waals surface area contributed by atoms with Crippen LogP contribution in [0.15, 0.2) is 47.3 Å². The van der Waals surface area contributed by atoms with E-state index in [1.807, 2.05) is 93.5 Å². The van der Waals surface area contributed by atoms with Crippen LogP contribution in [0.5, 0.6) is 0 Å². The van der Waals surface area contributed by atoms with Gasteiger partial charge in [0.1, 0.15) is 12.2 Å². The van der Waals surface area contributed by atoms with E-state index in [2.05, 4.69) is 0 Å². The molecular formula is C36H60O8. The second-order valence-electron chi connectivity index (χ2n) is 13.9. The summed E-state index contributed by atoms with van der Waals surface area (Å²) in [5, 5.41) is 33.6. The van der Waals surface area contributed by atoms with Gasteiger partial charge in [0.15, 0.2) is 5.79 Å². The van der Waals surface area contributed by atoms with Crippen LogP contribution in [0, 0.1) is 41.4 Å². The highest BCUT2D eigenvalue weighted by Gasteiger charge is 2.50. The van der Waals surface area contributed by atoms with Gasteiger partial charge >= 0.3 is 5.97 Å². The molecule has 0 saturated carbocycles. The van der Waals surface area contributed by atoms with Crippen LogP contribution in [0.3, 0.4) is 0 Å². The van der Waals surface area contributed by atoms with Crippen LogP contribution in [0.4, 0.5) is 0 Å². The Morgan fingerprint density at radius 1 is 1.02 bits per heavy atom. The first kappa shape index (κ1) is 38.2. The zero-order chi connectivity index (χ0) is 33.5. The van der Waals surface area contributed by atoms with Crippen molar-refractivity contribution in [3.8, 4) is 0 Å². The Balaban J connectivity index is 2.52. The second-order valence-corrected chi connectivity index (χ2v) is 13.9. The average molecular weight is 621 g/mol. The fourth-order valence-corrected chi connectivity index (χ4v) is 6.79. The predicted molar refractivity (Wildman–Crippen MR) is 173 cm³/mol. The van der Waals surface area contributed by atoms with Gasteiger partial charge in [-0.2, -0.15) is 0 Å². The number of methoxy groups -OCH3 is 2. The Hall–Kier alpha value is -1.97. The summed E-state index contributed by atoms with van der Waals surface area (Å²) in [6.07, 6.45) is 7.28. The number of hydrogen-bond donors (Lipinski definition) is 3. The van der Waals surface area contributed by atoms with Gasteiger partial charge in [0.05, 0.1) is 25.4 Å². The fraction of sp³-hybridized carbons (Fsp3) is 0.750. The highest BCUT2D eigenvalue weighted by Crippen LogP contribution is 2.43. The molecule has 12 atom stereocenters. The lowest BCUT2D eigenvalue weighted by Crippen LogP contribution is -2.57. The van der Waals surface area contributed by atoms with E-state index in [9.17, 15) is 20.1 Å². The Kier molecular flexibility index (Phi) is 14.4. The van der Waals surface area contributed by atoms with Gasteiger partial charge in [-0.1, -0.05) is 90.8 Å². The SMILES string of the molecule is CO/C1=C\C(C)=C\[C@H](C)[C@@H](O)[C@H](C)C/C(C)=C/C=C/[C@H](OC)[C@@H]([C@@H](C)[C@@H](C)[C@H](C)[C@@]2(O)C[C@@H](O)[C@H](C)[C@@H](C(C)C)O2)OC1=O. The van der Waals surface area contributed by atoms with Gasteiger partial charge in [-0.05, 0) is 50.0 Å². The van der Waals surface area contributed by atoms with Crippen LogP contribution in [-0.2, 0) is 23.7 Å². The lowest BCUT2D eigenvalue weighted by atomic mass is 9.72. The summed E-state index contributed by atoms with van der Waals surface area (Å²) in [6.45, 7) is 19.8. The summed E-state index contributed by atoms with van der Waals surface area (Å²) in [5.41, 5.74) is 1.88. The molecule has 1 saturated heterocycles. The minimum Gasteiger partial charge on any atom is -0.490 e. The standard InChI is InChI=1S/C36H60O8/c1-20(2)33-27(9)29(37)19-36(40,44-33)28(10)25(7)26(8)34-30(41-11)15-13-14-21(3)16-23(5)32(38)24(6)17-22(4)18-31(42-12)35(39)43-34/h13-15,17-18,20,23-30,32-34,37-38,40H,16,19H2,1-12H3/b15-13+,21-14+,22-17+,31-18-/t23-,24+,25-,26+,27+,28+,29-,30+,32+,33-,34-,36-/m1/s1. The number of hydrogen-bond acceptors (Lipinski definition) is 8. The van der Waals surface area contributed by atoms with Gasteiger partial charge in [-0.3, -0.25) is 0 Å². The van der Waals surface area contributed by atoms with E-state index in [1.54, 1.807) is 13.2 Å². The van der Waals surface area contributed by atoms with E-state index >= 15 is 0 Å². The van der Waals surface area contributed by atoms with E-state index in [-0.39, 0.29) is 53.8 Å². The first-order valence-corrected chi connectivity index (χ1v) is 16.2. The molecule has 8 heteroatoms. The molecule has 0 aromatic rings. The lowest BCUT2D eigenvalue weighted by Gasteiger charge is -2.50. The van der Waals surface area contributed by atoms with Gasteiger partial charge in [0.25, 0.3) is 0 Å². The van der Waals surface area contributed by atoms with Crippen molar-refractivity contribution in [3.63, 3.8) is 0 Å². The first-order valence-electron chi connectivity index (χ1n) is 16.2. The summed E-state index contributed by atoms with van der Waals surface area (Å²) < 4.78 is 23.9. The Morgan fingerprint density at radius 3 is 2.23 bits per heavy atom. The van der Waals surface area contributed by atoms with Crippen LogP contribution in [0.1, 0.15) is 82.1 Å². The maximum Gasteiger partial charge on any atom is 0.373 e. The lowest BCUT2D eigenvalue weighted by molar-refractivity contribution is -0.324. The molecule has 0 unspecified atom stereocenters. The summed E-state index contributed by atoms with van der Waals surface area (Å²) in [5.74, 6) is -3.14. The molecular weight excluding hydrogens is 560 g/mol. The molecule has 2 aliphatic rings. The maximum absolute atomic E-state index is 13.6. The minimum atomic E-state index is -1.55. The van der Waals surface area contributed by atoms with Crippen molar-refractivity contribution in [3.05, 3.63) is 47.3 Å². The van der Waals surface area contributed by atoms with E-state index in [4.69, 9.17) is 18.9 Å². The predicted octanol–water partition coefficient (Wildman–Crippen LogP) is 5.97. The molecule has 0 aromatic carbocycles. The van der Waals surface area contributed by atoms with Crippen LogP contribution in [0.2, 0.25) is 0 Å². The molecule has 0 aliphatic carbocycles. The molecule has 3 N–H and O–H groups in total. The smallest absolute Gasteiger partial charge is 0.373 e. The molecule has 2 heterocycles. The first-order chi connectivity index (χ1) is 20.5. The number of aliphatic hydroxyl groups excluding tert-OH is 2. The number of ether oxygens (including phenoxy) is 4. The van der Waals surface area contributed by atoms with Crippen molar-refractivity contribution in [1.29, 1.82) is 0 Å². The monoisotopic (exact) mass is 620 g/mol. The molecule has 1 fully saturated rings. The zero-order valence-corrected chi connectivity index (χ0v) is 29.1. The molecule has 0 spiro atoms. The Bertz CT molecular complexity index is 1060. The van der Waals surface area contributed by atoms with E-state index in [0.717, 1.165) is 17.6 Å². The van der Waals surface area contributed by atoms with Crippen molar-refractivity contribution in [1.82, 2.24) is 0 Å². The van der Waals surface area contributed by atoms with Gasteiger partial charge < -0.3 is 34.3 Å². The van der Waals surface area contributed by atoms with Crippen molar-refractivity contribution < 1.29 is 39.1 Å². The van der Waals surface area contributed by atoms with Crippen molar-refractivity contribution in [2.75, 3.05) is 14.2 Å². The maximum atomic E-state index is 13.6. The summed E-state index contributed by atoms with van der Waals surface area (Å²) >= 11 is 0. The Morgan fingerprint density at radius 2 is 1.66 bits per heavy atom. The minimum absolute atomic E-state index is 0.0281. The van der Waals surface area contributed by atoms with Crippen LogP contribution in [0.25, 0.3) is 0 Å². The molecule has 0 radical (unpaired) electrons. The topological polar surface area (TPSA) is 115 Å². The van der Waals surface area contributed by atoms with Crippen LogP contribution in [-0.4, -0.2) is 71.8 Å². The Labute approximate surface area is 266 Å². The largest absolute Gasteiger partial charge is 0.490 e. The van der Waals surface area contributed by atoms with Crippen LogP contribution < -0.4 is 0 Å². The van der Waals surface area contributed by atoms with E-state index < -0.39 is 42.1 Å². The normalized spacial score (nSPS) is 41.2. The number of aliphatic hydroxyl groups is 3. The number of esters is 1. The molecule has 44 heavy (non-hydrogen) atoms. The zero-order valence-electron chi connectivity index (χ0n) is 29.1. The molecule has 0 bridgehead atoms. The summed E-state index contributed by atoms with van der Waals surface area (Å²) in [6, 6.07) is 0. The number of carbonyl (C=O) groups is 1. The third-order valence-corrected chi connectivity index (χ3v) is 10.1. The van der Waals surface area contributed by atoms with E-state index in [1.165, 1.54) is 7.11 Å². The molecule has 252 valence electrons. The number of rotatable bonds is 7. The van der Waals surface area contributed by atoms with Gasteiger partial charge in [-0.15, -0.1) is 0 Å². The molecule has 2 rings (SSSR count). The quantitative estimate of drug-likeness (QED) is 0.299. The third-order valence-electron chi connectivity index (χ3n) is 10.1. The number of cyclic esters (lactones) is 1. The van der Waals surface area contributed by atoms with Crippen molar-refractivity contribution >= 4 is 5.97 Å². The van der Waals surface area contributed by atoms with Crippen molar-refractivity contribution in [2.24, 2.45) is 41.4 Å². The fourth-order valence-electron chi connectivity index (χ4n) is 6.79. The highest BCUT2D eigenvalue weighted by molar-refractivity contribution is 5.87. The summed E-state index contributed by atoms with van der Waals surface area (Å²) in [4.78, 5) is 13.6. The van der Waals surface area contributed by atoms with Gasteiger partial charge in [0.2, 0.25) is 5.76 Å². The second kappa shape index (κ2) is 16.5. The highest BCUT2D eigenvalue weighted by atomic mass is 16.6. The van der Waals surface area contributed by atoms with E-state index in [0.29, 0.717) is 0 Å². The average Bonchev–Trinajstić information content (AvgIpc) is 2.96. The number of carbonyl (C=O) groups excluding carboxylic acids is 1. The molecule has 8 nitrogen and oxygen atoms in total.